The van der Waals surface area contributed by atoms with E-state index in [9.17, 15) is 4.79 Å². The van der Waals surface area contributed by atoms with E-state index in [-0.39, 0.29) is 5.91 Å². The minimum Gasteiger partial charge on any atom is -0.497 e. The molecule has 1 fully saturated rings. The van der Waals surface area contributed by atoms with Crippen molar-refractivity contribution in [1.82, 2.24) is 10.2 Å². The van der Waals surface area contributed by atoms with E-state index in [0.29, 0.717) is 5.92 Å². The van der Waals surface area contributed by atoms with Crippen LogP contribution in [0.25, 0.3) is 0 Å². The van der Waals surface area contributed by atoms with Crippen molar-refractivity contribution in [2.45, 2.75) is 19.4 Å². The lowest BCUT2D eigenvalue weighted by Gasteiger charge is -2.27. The van der Waals surface area contributed by atoms with Gasteiger partial charge < -0.3 is 15.0 Å². The topological polar surface area (TPSA) is 41.6 Å². The molecular weight excluding hydrogens is 240 g/mol. The summed E-state index contributed by atoms with van der Waals surface area (Å²) in [5.74, 6) is 1.65. The van der Waals surface area contributed by atoms with Crippen LogP contribution >= 0.6 is 0 Å². The average molecular weight is 260 g/mol. The van der Waals surface area contributed by atoms with Crippen LogP contribution in [0.15, 0.2) is 18.2 Å². The quantitative estimate of drug-likeness (QED) is 0.898. The van der Waals surface area contributed by atoms with Crippen molar-refractivity contribution in [3.8, 4) is 5.75 Å². The summed E-state index contributed by atoms with van der Waals surface area (Å²) < 4.78 is 5.22. The van der Waals surface area contributed by atoms with Gasteiger partial charge in [-0.3, -0.25) is 4.79 Å². The molecule has 4 nitrogen and oxygen atoms in total. The summed E-state index contributed by atoms with van der Waals surface area (Å²) >= 11 is 0. The number of nitrogens with zero attached hydrogens (tertiary/aromatic N) is 1. The van der Waals surface area contributed by atoms with Crippen LogP contribution in [-0.4, -0.2) is 37.6 Å². The summed E-state index contributed by atoms with van der Waals surface area (Å²) in [6, 6.07) is 5.74. The van der Waals surface area contributed by atoms with Gasteiger partial charge in [0, 0.05) is 18.7 Å². The Balaban J connectivity index is 1.71. The first-order valence-corrected chi connectivity index (χ1v) is 6.95. The van der Waals surface area contributed by atoms with Crippen molar-refractivity contribution in [3.05, 3.63) is 29.3 Å². The molecule has 102 valence electrons. The Labute approximate surface area is 113 Å². The number of carbonyl (C=O) groups excluding carboxylic acids is 1. The Morgan fingerprint density at radius 3 is 2.89 bits per heavy atom. The van der Waals surface area contributed by atoms with Gasteiger partial charge in [0.05, 0.1) is 7.11 Å². The fourth-order valence-corrected chi connectivity index (χ4v) is 3.01. The van der Waals surface area contributed by atoms with Gasteiger partial charge in [-0.15, -0.1) is 0 Å². The zero-order valence-corrected chi connectivity index (χ0v) is 11.3. The first-order chi connectivity index (χ1) is 9.28. The van der Waals surface area contributed by atoms with Crippen LogP contribution in [0.3, 0.4) is 0 Å². The van der Waals surface area contributed by atoms with Gasteiger partial charge in [0.1, 0.15) is 5.75 Å². The summed E-state index contributed by atoms with van der Waals surface area (Å²) in [5, 5.41) is 3.36. The number of rotatable bonds is 3. The van der Waals surface area contributed by atoms with Crippen LogP contribution in [0.5, 0.6) is 5.75 Å². The lowest BCUT2D eigenvalue weighted by Crippen LogP contribution is -2.36. The normalized spacial score (nSPS) is 19.6. The van der Waals surface area contributed by atoms with Crippen LogP contribution in [-0.2, 0) is 6.54 Å². The molecule has 19 heavy (non-hydrogen) atoms. The van der Waals surface area contributed by atoms with Crippen molar-refractivity contribution < 1.29 is 9.53 Å². The molecule has 1 aromatic carbocycles. The first-order valence-electron chi connectivity index (χ1n) is 6.95. The van der Waals surface area contributed by atoms with Crippen molar-refractivity contribution in [1.29, 1.82) is 0 Å². The van der Waals surface area contributed by atoms with Crippen LogP contribution in [0, 0.1) is 5.92 Å². The summed E-state index contributed by atoms with van der Waals surface area (Å²) in [5.41, 5.74) is 1.94. The minimum atomic E-state index is 0.177. The van der Waals surface area contributed by atoms with E-state index in [1.807, 2.05) is 23.1 Å². The Bertz CT molecular complexity index is 481. The van der Waals surface area contributed by atoms with Gasteiger partial charge in [0.2, 0.25) is 0 Å². The summed E-state index contributed by atoms with van der Waals surface area (Å²) in [6.45, 7) is 3.77. The van der Waals surface area contributed by atoms with Gasteiger partial charge in [-0.2, -0.15) is 0 Å². The maximum atomic E-state index is 12.3. The van der Waals surface area contributed by atoms with E-state index in [4.69, 9.17) is 4.74 Å². The van der Waals surface area contributed by atoms with Crippen LogP contribution in [0.4, 0.5) is 0 Å². The molecule has 3 rings (SSSR count). The number of ether oxygens (including phenoxy) is 1. The van der Waals surface area contributed by atoms with E-state index in [1.165, 1.54) is 12.8 Å². The fourth-order valence-electron chi connectivity index (χ4n) is 3.01. The van der Waals surface area contributed by atoms with Gasteiger partial charge in [-0.25, -0.2) is 0 Å². The zero-order chi connectivity index (χ0) is 13.2. The van der Waals surface area contributed by atoms with Crippen molar-refractivity contribution >= 4 is 5.91 Å². The molecule has 2 heterocycles. The molecule has 0 aliphatic carbocycles. The molecule has 0 aromatic heterocycles. The van der Waals surface area contributed by atoms with Crippen molar-refractivity contribution in [2.75, 3.05) is 26.7 Å². The van der Waals surface area contributed by atoms with E-state index < -0.39 is 0 Å². The number of nitrogens with one attached hydrogen (secondary N) is 1. The molecule has 2 aliphatic rings. The Morgan fingerprint density at radius 2 is 2.16 bits per heavy atom. The lowest BCUT2D eigenvalue weighted by molar-refractivity contribution is 0.0740. The number of benzene rings is 1. The zero-order valence-electron chi connectivity index (χ0n) is 11.3. The first kappa shape index (κ1) is 12.5. The standard InChI is InChI=1S/C15H20N2O2/c1-19-13-2-3-14-12(8-13)10-17(15(14)18)9-11-4-6-16-7-5-11/h2-3,8,11,16H,4-7,9-10H2,1H3. The van der Waals surface area contributed by atoms with E-state index >= 15 is 0 Å². The maximum Gasteiger partial charge on any atom is 0.254 e. The third-order valence-electron chi connectivity index (χ3n) is 4.13. The summed E-state index contributed by atoms with van der Waals surface area (Å²) in [6.07, 6.45) is 2.34. The molecule has 0 radical (unpaired) electrons. The third-order valence-corrected chi connectivity index (χ3v) is 4.13. The van der Waals surface area contributed by atoms with Crippen LogP contribution in [0.1, 0.15) is 28.8 Å². The van der Waals surface area contributed by atoms with Gasteiger partial charge in [0.15, 0.2) is 0 Å². The Hall–Kier alpha value is -1.55. The second-order valence-electron chi connectivity index (χ2n) is 5.40. The highest BCUT2D eigenvalue weighted by Crippen LogP contribution is 2.28. The molecule has 0 saturated carbocycles. The molecular formula is C15H20N2O2. The molecule has 1 saturated heterocycles. The molecule has 1 N–H and O–H groups in total. The molecule has 2 aliphatic heterocycles. The predicted octanol–water partition coefficient (Wildman–Crippen LogP) is 1.65. The molecule has 1 amide bonds. The molecule has 0 bridgehead atoms. The number of hydrogen-bond donors (Lipinski definition) is 1. The SMILES string of the molecule is COc1ccc2c(c1)CN(CC1CCNCC1)C2=O. The van der Waals surface area contributed by atoms with E-state index in [0.717, 1.165) is 43.1 Å². The van der Waals surface area contributed by atoms with Crippen LogP contribution in [0.2, 0.25) is 0 Å². The monoisotopic (exact) mass is 260 g/mol. The highest BCUT2D eigenvalue weighted by atomic mass is 16.5. The number of amides is 1. The largest absolute Gasteiger partial charge is 0.497 e. The van der Waals surface area contributed by atoms with Crippen molar-refractivity contribution in [2.24, 2.45) is 5.92 Å². The number of hydrogen-bond acceptors (Lipinski definition) is 3. The number of fused-ring (bicyclic) bond motifs is 1. The van der Waals surface area contributed by atoms with Gasteiger partial charge in [-0.05, 0) is 55.6 Å². The van der Waals surface area contributed by atoms with Crippen LogP contribution < -0.4 is 10.1 Å². The smallest absolute Gasteiger partial charge is 0.254 e. The summed E-state index contributed by atoms with van der Waals surface area (Å²) in [4.78, 5) is 14.3. The molecule has 0 atom stereocenters. The lowest BCUT2D eigenvalue weighted by atomic mass is 9.98. The Kier molecular flexibility index (Phi) is 3.42. The fraction of sp³-hybridized carbons (Fsp3) is 0.533. The highest BCUT2D eigenvalue weighted by Gasteiger charge is 2.29. The average Bonchev–Trinajstić information content (AvgIpc) is 2.76. The second kappa shape index (κ2) is 5.21. The highest BCUT2D eigenvalue weighted by molar-refractivity contribution is 5.98. The molecule has 1 aromatic rings. The predicted molar refractivity (Wildman–Crippen MR) is 73.3 cm³/mol. The second-order valence-corrected chi connectivity index (χ2v) is 5.40. The number of piperidine rings is 1. The Morgan fingerprint density at radius 1 is 1.37 bits per heavy atom. The minimum absolute atomic E-state index is 0.177. The van der Waals surface area contributed by atoms with E-state index in [2.05, 4.69) is 5.32 Å². The van der Waals surface area contributed by atoms with E-state index in [1.54, 1.807) is 7.11 Å². The third kappa shape index (κ3) is 2.45. The van der Waals surface area contributed by atoms with Gasteiger partial charge >= 0.3 is 0 Å². The summed E-state index contributed by atoms with van der Waals surface area (Å²) in [7, 11) is 1.66. The van der Waals surface area contributed by atoms with Gasteiger partial charge in [0.25, 0.3) is 5.91 Å². The number of methoxy groups -OCH3 is 1. The molecule has 0 spiro atoms. The van der Waals surface area contributed by atoms with Crippen molar-refractivity contribution in [3.63, 3.8) is 0 Å². The van der Waals surface area contributed by atoms with Gasteiger partial charge in [-0.1, -0.05) is 0 Å². The maximum absolute atomic E-state index is 12.3. The molecule has 0 unspecified atom stereocenters. The molecule has 4 heteroatoms. The number of carbonyl (C=O) groups is 1.